The van der Waals surface area contributed by atoms with E-state index < -0.39 is 9.76 Å². The van der Waals surface area contributed by atoms with E-state index in [0.717, 1.165) is 0 Å². The van der Waals surface area contributed by atoms with E-state index in [9.17, 15) is 4.79 Å². The molecule has 0 aromatic rings. The van der Waals surface area contributed by atoms with Crippen molar-refractivity contribution >= 4 is 40.8 Å². The maximum absolute atomic E-state index is 9.92. The van der Waals surface area contributed by atoms with Crippen LogP contribution in [0.15, 0.2) is 11.8 Å². The van der Waals surface area contributed by atoms with Gasteiger partial charge in [-0.15, -0.1) is 0 Å². The maximum Gasteiger partial charge on any atom is 0.330 e. The zero-order valence-electron chi connectivity index (χ0n) is 4.64. The molecule has 0 bridgehead atoms. The SMILES string of the molecule is N/C(=C\C(=O)O)C(Cl)(Cl)Cl. The summed E-state index contributed by atoms with van der Waals surface area (Å²) in [4.78, 5) is 9.92. The molecule has 3 nitrogen and oxygen atoms in total. The number of hydrogen-bond acceptors (Lipinski definition) is 2. The summed E-state index contributed by atoms with van der Waals surface area (Å²) >= 11 is 15.6. The maximum atomic E-state index is 9.92. The third-order valence-corrected chi connectivity index (χ3v) is 1.26. The second-order valence-corrected chi connectivity index (χ2v) is 3.72. The van der Waals surface area contributed by atoms with Crippen molar-refractivity contribution in [3.8, 4) is 0 Å². The first-order chi connectivity index (χ1) is 4.34. The summed E-state index contributed by atoms with van der Waals surface area (Å²) in [6.45, 7) is 0. The van der Waals surface area contributed by atoms with Gasteiger partial charge in [0.15, 0.2) is 0 Å². The molecule has 58 valence electrons. The molecule has 0 aromatic carbocycles. The van der Waals surface area contributed by atoms with E-state index in [0.29, 0.717) is 6.08 Å². The lowest BCUT2D eigenvalue weighted by Gasteiger charge is -2.08. The van der Waals surface area contributed by atoms with E-state index in [1.165, 1.54) is 0 Å². The largest absolute Gasteiger partial charge is 0.478 e. The molecular weight excluding hydrogens is 200 g/mol. The fraction of sp³-hybridized carbons (Fsp3) is 0.250. The molecule has 0 heterocycles. The number of hydrogen-bond donors (Lipinski definition) is 2. The van der Waals surface area contributed by atoms with Crippen LogP contribution in [-0.2, 0) is 4.79 Å². The van der Waals surface area contributed by atoms with Gasteiger partial charge < -0.3 is 10.8 Å². The van der Waals surface area contributed by atoms with Crippen molar-refractivity contribution in [1.82, 2.24) is 0 Å². The van der Waals surface area contributed by atoms with Crippen LogP contribution in [0.4, 0.5) is 0 Å². The van der Waals surface area contributed by atoms with Gasteiger partial charge in [-0.2, -0.15) is 0 Å². The molecule has 0 amide bonds. The molecule has 0 saturated heterocycles. The van der Waals surface area contributed by atoms with E-state index in [1.54, 1.807) is 0 Å². The van der Waals surface area contributed by atoms with Crippen LogP contribution in [0.1, 0.15) is 0 Å². The molecule has 0 spiro atoms. The van der Waals surface area contributed by atoms with E-state index in [1.807, 2.05) is 0 Å². The normalized spacial score (nSPS) is 13.3. The van der Waals surface area contributed by atoms with Gasteiger partial charge >= 0.3 is 5.97 Å². The Kier molecular flexibility index (Phi) is 3.28. The quantitative estimate of drug-likeness (QED) is 0.500. The fourth-order valence-corrected chi connectivity index (χ4v) is 0.379. The molecule has 0 radical (unpaired) electrons. The zero-order chi connectivity index (χ0) is 8.36. The monoisotopic (exact) mass is 203 g/mol. The highest BCUT2D eigenvalue weighted by molar-refractivity contribution is 6.69. The van der Waals surface area contributed by atoms with Crippen molar-refractivity contribution in [1.29, 1.82) is 0 Å². The number of aliphatic carboxylic acids is 1. The minimum Gasteiger partial charge on any atom is -0.478 e. The second-order valence-electron chi connectivity index (χ2n) is 1.44. The minimum atomic E-state index is -1.83. The van der Waals surface area contributed by atoms with Crippen molar-refractivity contribution in [3.63, 3.8) is 0 Å². The predicted octanol–water partition coefficient (Wildman–Crippen LogP) is 1.28. The molecule has 3 N–H and O–H groups in total. The first-order valence-corrected chi connectivity index (χ1v) is 3.24. The number of rotatable bonds is 1. The van der Waals surface area contributed by atoms with Gasteiger partial charge in [0.05, 0.1) is 5.70 Å². The van der Waals surface area contributed by atoms with Gasteiger partial charge in [0.2, 0.25) is 3.79 Å². The summed E-state index contributed by atoms with van der Waals surface area (Å²) in [6, 6.07) is 0. The van der Waals surface area contributed by atoms with Crippen LogP contribution >= 0.6 is 34.8 Å². The Labute approximate surface area is 72.3 Å². The first kappa shape index (κ1) is 9.88. The van der Waals surface area contributed by atoms with E-state index in [4.69, 9.17) is 45.6 Å². The topological polar surface area (TPSA) is 63.3 Å². The number of allylic oxidation sites excluding steroid dienone is 1. The second kappa shape index (κ2) is 3.32. The van der Waals surface area contributed by atoms with Gasteiger partial charge in [-0.05, 0) is 0 Å². The number of halogens is 3. The Morgan fingerprint density at radius 1 is 1.50 bits per heavy atom. The van der Waals surface area contributed by atoms with Gasteiger partial charge in [0.25, 0.3) is 0 Å². The van der Waals surface area contributed by atoms with Crippen molar-refractivity contribution in [3.05, 3.63) is 11.8 Å². The average Bonchev–Trinajstić information content (AvgIpc) is 1.60. The van der Waals surface area contributed by atoms with Crippen LogP contribution in [0.5, 0.6) is 0 Å². The third-order valence-electron chi connectivity index (χ3n) is 0.606. The van der Waals surface area contributed by atoms with E-state index in [-0.39, 0.29) is 5.70 Å². The van der Waals surface area contributed by atoms with Gasteiger partial charge in [-0.3, -0.25) is 0 Å². The standard InChI is InChI=1S/C4H4Cl3NO2/c5-4(6,7)2(8)1-3(9)10/h1H,8H2,(H,9,10)/b2-1-. The Morgan fingerprint density at radius 2 is 1.90 bits per heavy atom. The van der Waals surface area contributed by atoms with Crippen molar-refractivity contribution in [2.75, 3.05) is 0 Å². The van der Waals surface area contributed by atoms with Crippen LogP contribution in [0.2, 0.25) is 0 Å². The highest BCUT2D eigenvalue weighted by Gasteiger charge is 2.23. The van der Waals surface area contributed by atoms with Crippen LogP contribution in [0.25, 0.3) is 0 Å². The van der Waals surface area contributed by atoms with E-state index >= 15 is 0 Å². The summed E-state index contributed by atoms with van der Waals surface area (Å²) in [5.41, 5.74) is 4.72. The third kappa shape index (κ3) is 3.82. The van der Waals surface area contributed by atoms with Gasteiger partial charge in [-0.1, -0.05) is 34.8 Å². The first-order valence-electron chi connectivity index (χ1n) is 2.11. The van der Waals surface area contributed by atoms with Crippen LogP contribution < -0.4 is 5.73 Å². The Morgan fingerprint density at radius 3 is 2.00 bits per heavy atom. The van der Waals surface area contributed by atoms with Gasteiger partial charge in [-0.25, -0.2) is 4.79 Å². The average molecular weight is 204 g/mol. The fourth-order valence-electron chi connectivity index (χ4n) is 0.215. The van der Waals surface area contributed by atoms with Crippen molar-refractivity contribution in [2.24, 2.45) is 5.73 Å². The lowest BCUT2D eigenvalue weighted by atomic mass is 10.4. The molecule has 10 heavy (non-hydrogen) atoms. The number of alkyl halides is 3. The lowest BCUT2D eigenvalue weighted by molar-refractivity contribution is -0.131. The zero-order valence-corrected chi connectivity index (χ0v) is 6.91. The molecule has 0 fully saturated rings. The summed E-state index contributed by atoms with van der Waals surface area (Å²) < 4.78 is -1.83. The lowest BCUT2D eigenvalue weighted by Crippen LogP contribution is -2.17. The molecule has 0 aliphatic rings. The number of carbonyl (C=O) groups is 1. The molecule has 0 aliphatic heterocycles. The molecular formula is C4H4Cl3NO2. The molecule has 0 aliphatic carbocycles. The van der Waals surface area contributed by atoms with Crippen LogP contribution in [0.3, 0.4) is 0 Å². The smallest absolute Gasteiger partial charge is 0.330 e. The molecule has 0 atom stereocenters. The summed E-state index contributed by atoms with van der Waals surface area (Å²) in [5.74, 6) is -1.25. The molecule has 0 saturated carbocycles. The highest BCUT2D eigenvalue weighted by Crippen LogP contribution is 2.31. The molecule has 6 heteroatoms. The van der Waals surface area contributed by atoms with Crippen LogP contribution in [-0.4, -0.2) is 14.9 Å². The van der Waals surface area contributed by atoms with E-state index in [2.05, 4.69) is 0 Å². The predicted molar refractivity (Wildman–Crippen MR) is 40.2 cm³/mol. The Balaban J connectivity index is 4.35. The summed E-state index contributed by atoms with van der Waals surface area (Å²) in [7, 11) is 0. The Bertz CT molecular complexity index is 172. The number of carboxylic acids is 1. The van der Waals surface area contributed by atoms with Crippen molar-refractivity contribution in [2.45, 2.75) is 3.79 Å². The highest BCUT2D eigenvalue weighted by atomic mass is 35.6. The number of nitrogens with two attached hydrogens (primary N) is 1. The minimum absolute atomic E-state index is 0.315. The van der Waals surface area contributed by atoms with Gasteiger partial charge in [0, 0.05) is 6.08 Å². The van der Waals surface area contributed by atoms with Crippen LogP contribution in [0, 0.1) is 0 Å². The van der Waals surface area contributed by atoms with Gasteiger partial charge in [0.1, 0.15) is 0 Å². The molecule has 0 aromatic heterocycles. The van der Waals surface area contributed by atoms with Crippen molar-refractivity contribution < 1.29 is 9.90 Å². The molecule has 0 rings (SSSR count). The summed E-state index contributed by atoms with van der Waals surface area (Å²) in [5, 5.41) is 8.11. The molecule has 0 unspecified atom stereocenters. The Hall–Kier alpha value is -0.120. The summed E-state index contributed by atoms with van der Waals surface area (Å²) in [6.07, 6.45) is 0.632. The number of carboxylic acid groups (broad SMARTS) is 1.